The van der Waals surface area contributed by atoms with Gasteiger partial charge in [0.1, 0.15) is 0 Å². The number of aromatic nitrogens is 1. The number of hydrogen-bond acceptors (Lipinski definition) is 1. The van der Waals surface area contributed by atoms with Crippen LogP contribution in [-0.4, -0.2) is 9.33 Å². The van der Waals surface area contributed by atoms with Gasteiger partial charge in [-0.2, -0.15) is 0 Å². The highest BCUT2D eigenvalue weighted by atomic mass is 35.5. The van der Waals surface area contributed by atoms with E-state index in [0.717, 1.165) is 0 Å². The fourth-order valence-electron chi connectivity index (χ4n) is 0.673. The molecular formula is C6H5Cl2NO. The molecule has 54 valence electrons. The quantitative estimate of drug-likeness (QED) is 0.632. The highest BCUT2D eigenvalue weighted by Gasteiger charge is 2.02. The van der Waals surface area contributed by atoms with Gasteiger partial charge < -0.3 is 0 Å². The van der Waals surface area contributed by atoms with Gasteiger partial charge in [0.05, 0.1) is 6.42 Å². The summed E-state index contributed by atoms with van der Waals surface area (Å²) in [6.07, 6.45) is 1.83. The van der Waals surface area contributed by atoms with E-state index >= 15 is 0 Å². The maximum absolute atomic E-state index is 10.4. The van der Waals surface area contributed by atoms with Crippen LogP contribution in [0.3, 0.4) is 0 Å². The molecule has 0 atom stereocenters. The van der Waals surface area contributed by atoms with E-state index in [4.69, 9.17) is 23.4 Å². The van der Waals surface area contributed by atoms with Crippen molar-refractivity contribution in [1.29, 1.82) is 0 Å². The van der Waals surface area contributed by atoms with Gasteiger partial charge in [-0.25, -0.2) is 0 Å². The minimum absolute atomic E-state index is 0.179. The molecule has 1 rings (SSSR count). The van der Waals surface area contributed by atoms with E-state index in [1.165, 1.54) is 4.09 Å². The van der Waals surface area contributed by atoms with Crippen LogP contribution in [0.2, 0.25) is 0 Å². The number of carbonyl (C=O) groups excluding carboxylic acids is 1. The highest BCUT2D eigenvalue weighted by molar-refractivity contribution is 6.63. The van der Waals surface area contributed by atoms with Gasteiger partial charge in [0, 0.05) is 23.7 Å². The van der Waals surface area contributed by atoms with Gasteiger partial charge in [-0.05, 0) is 23.7 Å². The summed E-state index contributed by atoms with van der Waals surface area (Å²) in [6, 6.07) is 3.50. The third-order valence-corrected chi connectivity index (χ3v) is 1.56. The maximum atomic E-state index is 10.4. The van der Waals surface area contributed by atoms with Gasteiger partial charge >= 0.3 is 0 Å². The molecule has 1 aromatic heterocycles. The highest BCUT2D eigenvalue weighted by Crippen LogP contribution is 2.05. The zero-order valence-corrected chi connectivity index (χ0v) is 6.56. The standard InChI is InChI=1S/C6H5Cl2NO/c7-6(10)4-5-2-1-3-9(5)8/h1-3H,4H2. The van der Waals surface area contributed by atoms with Crippen LogP contribution in [0, 0.1) is 0 Å². The van der Waals surface area contributed by atoms with Crippen LogP contribution in [0.1, 0.15) is 5.69 Å². The Morgan fingerprint density at radius 3 is 2.80 bits per heavy atom. The Kier molecular flexibility index (Phi) is 2.35. The zero-order valence-electron chi connectivity index (χ0n) is 5.05. The molecule has 1 aromatic rings. The van der Waals surface area contributed by atoms with Gasteiger partial charge in [-0.15, -0.1) is 0 Å². The molecule has 0 aliphatic carbocycles. The number of carbonyl (C=O) groups is 1. The second-order valence-corrected chi connectivity index (χ2v) is 2.63. The molecule has 0 aliphatic heterocycles. The molecule has 0 saturated heterocycles. The summed E-state index contributed by atoms with van der Waals surface area (Å²) in [4.78, 5) is 10.4. The predicted octanol–water partition coefficient (Wildman–Crippen LogP) is 1.80. The minimum atomic E-state index is -0.402. The van der Waals surface area contributed by atoms with Crippen LogP contribution in [0.4, 0.5) is 0 Å². The molecular weight excluding hydrogens is 173 g/mol. The predicted molar refractivity (Wildman–Crippen MR) is 40.2 cm³/mol. The van der Waals surface area contributed by atoms with E-state index in [0.29, 0.717) is 5.69 Å². The maximum Gasteiger partial charge on any atom is 0.227 e. The lowest BCUT2D eigenvalue weighted by atomic mass is 10.3. The van der Waals surface area contributed by atoms with Crippen molar-refractivity contribution in [2.75, 3.05) is 0 Å². The van der Waals surface area contributed by atoms with E-state index in [1.807, 2.05) is 0 Å². The second kappa shape index (κ2) is 3.08. The molecule has 4 heteroatoms. The molecule has 10 heavy (non-hydrogen) atoms. The summed E-state index contributed by atoms with van der Waals surface area (Å²) in [5.74, 6) is 0. The van der Waals surface area contributed by atoms with Crippen molar-refractivity contribution in [3.63, 3.8) is 0 Å². The number of hydrogen-bond donors (Lipinski definition) is 0. The molecule has 0 radical (unpaired) electrons. The first-order valence-electron chi connectivity index (χ1n) is 2.71. The van der Waals surface area contributed by atoms with Crippen LogP contribution in [-0.2, 0) is 11.2 Å². The lowest BCUT2D eigenvalue weighted by molar-refractivity contribution is -0.111. The average molecular weight is 178 g/mol. The van der Waals surface area contributed by atoms with Crippen LogP contribution in [0.5, 0.6) is 0 Å². The Hall–Kier alpha value is -0.470. The Labute approximate surface area is 68.5 Å². The molecule has 0 fully saturated rings. The van der Waals surface area contributed by atoms with E-state index < -0.39 is 5.24 Å². The second-order valence-electron chi connectivity index (χ2n) is 1.84. The van der Waals surface area contributed by atoms with Gasteiger partial charge in [0.2, 0.25) is 5.24 Å². The molecule has 1 heterocycles. The number of rotatable bonds is 2. The third-order valence-electron chi connectivity index (χ3n) is 1.10. The zero-order chi connectivity index (χ0) is 7.56. The average Bonchev–Trinajstić information content (AvgIpc) is 2.15. The first-order chi connectivity index (χ1) is 4.70. The molecule has 0 spiro atoms. The van der Waals surface area contributed by atoms with Crippen molar-refractivity contribution in [2.45, 2.75) is 6.42 Å². The smallest absolute Gasteiger partial charge is 0.227 e. The molecule has 0 saturated carbocycles. The van der Waals surface area contributed by atoms with Crippen molar-refractivity contribution in [3.8, 4) is 0 Å². The molecule has 0 unspecified atom stereocenters. The summed E-state index contributed by atoms with van der Waals surface area (Å²) in [5, 5.41) is -0.402. The first-order valence-corrected chi connectivity index (χ1v) is 3.42. The SMILES string of the molecule is O=C(Cl)Cc1cccn1Cl. The summed E-state index contributed by atoms with van der Waals surface area (Å²) in [7, 11) is 0. The Morgan fingerprint density at radius 2 is 2.40 bits per heavy atom. The molecule has 0 N–H and O–H groups in total. The van der Waals surface area contributed by atoms with Gasteiger partial charge in [0.25, 0.3) is 0 Å². The van der Waals surface area contributed by atoms with Gasteiger partial charge in [0.15, 0.2) is 0 Å². The molecule has 2 nitrogen and oxygen atoms in total. The molecule has 0 amide bonds. The van der Waals surface area contributed by atoms with Gasteiger partial charge in [-0.1, -0.05) is 0 Å². The van der Waals surface area contributed by atoms with E-state index in [-0.39, 0.29) is 6.42 Å². The monoisotopic (exact) mass is 177 g/mol. The van der Waals surface area contributed by atoms with Crippen molar-refractivity contribution < 1.29 is 4.79 Å². The van der Waals surface area contributed by atoms with E-state index in [1.54, 1.807) is 18.3 Å². The summed E-state index contributed by atoms with van der Waals surface area (Å²) in [5.41, 5.74) is 0.710. The summed E-state index contributed by atoms with van der Waals surface area (Å²) in [6.45, 7) is 0. The third kappa shape index (κ3) is 1.75. The van der Waals surface area contributed by atoms with Crippen LogP contribution >= 0.6 is 23.4 Å². The Balaban J connectivity index is 2.74. The topological polar surface area (TPSA) is 22.0 Å². The first kappa shape index (κ1) is 7.63. The minimum Gasteiger partial charge on any atom is -0.281 e. The van der Waals surface area contributed by atoms with Crippen molar-refractivity contribution in [3.05, 3.63) is 24.0 Å². The van der Waals surface area contributed by atoms with Crippen LogP contribution in [0.15, 0.2) is 18.3 Å². The summed E-state index contributed by atoms with van der Waals surface area (Å²) >= 11 is 10.7. The van der Waals surface area contributed by atoms with Crippen molar-refractivity contribution in [1.82, 2.24) is 4.09 Å². The fraction of sp³-hybridized carbons (Fsp3) is 0.167. The molecule has 0 aliphatic rings. The van der Waals surface area contributed by atoms with Gasteiger partial charge in [-0.3, -0.25) is 8.88 Å². The van der Waals surface area contributed by atoms with Crippen LogP contribution in [0.25, 0.3) is 0 Å². The lowest BCUT2D eigenvalue weighted by Crippen LogP contribution is -1.96. The Morgan fingerprint density at radius 1 is 1.70 bits per heavy atom. The number of halogens is 2. The largest absolute Gasteiger partial charge is 0.281 e. The normalized spacial score (nSPS) is 9.80. The number of nitrogens with zero attached hydrogens (tertiary/aromatic N) is 1. The van der Waals surface area contributed by atoms with E-state index in [9.17, 15) is 4.79 Å². The summed E-state index contributed by atoms with van der Waals surface area (Å²) < 4.78 is 1.35. The molecule has 0 aromatic carbocycles. The van der Waals surface area contributed by atoms with Crippen molar-refractivity contribution in [2.24, 2.45) is 0 Å². The van der Waals surface area contributed by atoms with Crippen molar-refractivity contribution >= 4 is 28.6 Å². The lowest BCUT2D eigenvalue weighted by Gasteiger charge is -1.93. The van der Waals surface area contributed by atoms with E-state index in [2.05, 4.69) is 0 Å². The fourth-order valence-corrected chi connectivity index (χ4v) is 0.992. The Bertz CT molecular complexity index is 244. The molecule has 0 bridgehead atoms. The van der Waals surface area contributed by atoms with Crippen LogP contribution < -0.4 is 0 Å².